The van der Waals surface area contributed by atoms with Gasteiger partial charge in [-0.25, -0.2) is 9.13 Å². The van der Waals surface area contributed by atoms with Crippen LogP contribution in [0.2, 0.25) is 0 Å². The first-order chi connectivity index (χ1) is 19.4. The third-order valence-electron chi connectivity index (χ3n) is 8.72. The Bertz CT molecular complexity index is 1740. The third-order valence-corrected chi connectivity index (χ3v) is 8.72. The SMILES string of the molecule is c1ccc2c(c1)c1[n+](c3ccccc23)CCN1CCNCCN1CC[n+]2c1c1ccccc1c1ccccc12. The zero-order chi connectivity index (χ0) is 25.8. The number of aromatic nitrogens is 2. The zero-order valence-corrected chi connectivity index (χ0v) is 22.2. The van der Waals surface area contributed by atoms with E-state index in [1.807, 2.05) is 0 Å². The van der Waals surface area contributed by atoms with Gasteiger partial charge in [0.25, 0.3) is 11.6 Å². The van der Waals surface area contributed by atoms with Crippen molar-refractivity contribution in [3.05, 3.63) is 97.1 Å². The molecule has 8 rings (SSSR count). The Hall–Kier alpha value is -4.22. The van der Waals surface area contributed by atoms with Crippen molar-refractivity contribution in [2.24, 2.45) is 0 Å². The monoisotopic (exact) mass is 511 g/mol. The molecule has 0 radical (unpaired) electrons. The van der Waals surface area contributed by atoms with Crippen molar-refractivity contribution in [3.8, 4) is 0 Å². The van der Waals surface area contributed by atoms with E-state index >= 15 is 0 Å². The lowest BCUT2D eigenvalue weighted by atomic mass is 10.1. The minimum Gasteiger partial charge on any atom is -0.309 e. The Morgan fingerprint density at radius 2 is 0.872 bits per heavy atom. The summed E-state index contributed by atoms with van der Waals surface area (Å²) < 4.78 is 5.04. The van der Waals surface area contributed by atoms with Crippen LogP contribution in [0.1, 0.15) is 0 Å². The Kier molecular flexibility index (Phi) is 5.37. The highest BCUT2D eigenvalue weighted by molar-refractivity contribution is 6.09. The van der Waals surface area contributed by atoms with Crippen LogP contribution in [0.5, 0.6) is 0 Å². The lowest BCUT2D eigenvalue weighted by Crippen LogP contribution is -2.37. The van der Waals surface area contributed by atoms with Crippen LogP contribution >= 0.6 is 0 Å². The topological polar surface area (TPSA) is 26.3 Å². The second kappa shape index (κ2) is 9.21. The van der Waals surface area contributed by atoms with Crippen LogP contribution in [-0.4, -0.2) is 39.3 Å². The van der Waals surface area contributed by atoms with Crippen molar-refractivity contribution in [2.75, 3.05) is 49.1 Å². The standard InChI is InChI=1S/C34H33N5/c1-3-13-29-25(9-1)27-11-5-7-15-31(27)38-23-21-36(33(29)38)19-17-35-18-20-37-22-24-39-32-16-8-6-12-28(32)26-10-2-4-14-30(26)34(37)39/h1-16,35H,17-24H2/q+2. The fourth-order valence-electron chi connectivity index (χ4n) is 6.99. The molecule has 0 fully saturated rings. The highest BCUT2D eigenvalue weighted by atomic mass is 15.3. The number of pyridine rings is 2. The van der Waals surface area contributed by atoms with E-state index in [1.54, 1.807) is 0 Å². The van der Waals surface area contributed by atoms with Crippen LogP contribution < -0.4 is 24.3 Å². The first kappa shape index (κ1) is 22.7. The first-order valence-electron chi connectivity index (χ1n) is 14.3. The van der Waals surface area contributed by atoms with Crippen LogP contribution in [0.3, 0.4) is 0 Å². The summed E-state index contributed by atoms with van der Waals surface area (Å²) in [5, 5.41) is 11.9. The van der Waals surface area contributed by atoms with Gasteiger partial charge in [0.1, 0.15) is 37.2 Å². The molecule has 39 heavy (non-hydrogen) atoms. The van der Waals surface area contributed by atoms with E-state index in [0.29, 0.717) is 0 Å². The molecule has 6 aromatic rings. The molecule has 5 nitrogen and oxygen atoms in total. The summed E-state index contributed by atoms with van der Waals surface area (Å²) in [6.07, 6.45) is 0. The summed E-state index contributed by atoms with van der Waals surface area (Å²) >= 11 is 0. The third kappa shape index (κ3) is 3.57. The molecule has 4 aromatic carbocycles. The molecule has 2 aliphatic heterocycles. The fraction of sp³-hybridized carbons (Fsp3) is 0.235. The van der Waals surface area contributed by atoms with Crippen molar-refractivity contribution in [3.63, 3.8) is 0 Å². The fourth-order valence-corrected chi connectivity index (χ4v) is 6.99. The molecular weight excluding hydrogens is 478 g/mol. The van der Waals surface area contributed by atoms with Gasteiger partial charge in [-0.1, -0.05) is 72.8 Å². The Morgan fingerprint density at radius 1 is 0.487 bits per heavy atom. The molecule has 0 aliphatic carbocycles. The highest BCUT2D eigenvalue weighted by Crippen LogP contribution is 2.33. The summed E-state index contributed by atoms with van der Waals surface area (Å²) in [6, 6.07) is 35.5. The van der Waals surface area contributed by atoms with Crippen molar-refractivity contribution < 1.29 is 9.13 Å². The van der Waals surface area contributed by atoms with E-state index in [0.717, 1.165) is 52.4 Å². The van der Waals surface area contributed by atoms with E-state index in [9.17, 15) is 0 Å². The molecule has 4 heterocycles. The summed E-state index contributed by atoms with van der Waals surface area (Å²) in [5.74, 6) is 2.74. The molecule has 0 saturated carbocycles. The summed E-state index contributed by atoms with van der Waals surface area (Å²) in [5.41, 5.74) is 2.68. The Morgan fingerprint density at radius 3 is 1.33 bits per heavy atom. The summed E-state index contributed by atoms with van der Waals surface area (Å²) in [6.45, 7) is 8.21. The lowest BCUT2D eigenvalue weighted by Gasteiger charge is -2.16. The van der Waals surface area contributed by atoms with Crippen molar-refractivity contribution in [1.82, 2.24) is 5.32 Å². The van der Waals surface area contributed by atoms with E-state index in [4.69, 9.17) is 0 Å². The number of para-hydroxylation sites is 2. The van der Waals surface area contributed by atoms with Gasteiger partial charge < -0.3 is 5.32 Å². The van der Waals surface area contributed by atoms with Gasteiger partial charge >= 0.3 is 0 Å². The van der Waals surface area contributed by atoms with Gasteiger partial charge in [-0.15, -0.1) is 0 Å². The van der Waals surface area contributed by atoms with Gasteiger partial charge in [0.15, 0.2) is 0 Å². The molecule has 0 spiro atoms. The minimum atomic E-state index is 0.980. The highest BCUT2D eigenvalue weighted by Gasteiger charge is 2.33. The molecule has 2 aromatic heterocycles. The number of nitrogens with zero attached hydrogens (tertiary/aromatic N) is 4. The molecule has 2 aliphatic rings. The molecule has 0 unspecified atom stereocenters. The van der Waals surface area contributed by atoms with Crippen molar-refractivity contribution in [1.29, 1.82) is 0 Å². The number of nitrogens with one attached hydrogen (secondary N) is 1. The number of fused-ring (bicyclic) bond motifs is 12. The van der Waals surface area contributed by atoms with Gasteiger partial charge in [-0.05, 0) is 24.3 Å². The molecule has 5 heteroatoms. The summed E-state index contributed by atoms with van der Waals surface area (Å²) in [7, 11) is 0. The maximum absolute atomic E-state index is 3.77. The molecular formula is C34H33N5+2. The molecule has 0 bridgehead atoms. The maximum atomic E-state index is 3.77. The minimum absolute atomic E-state index is 0.980. The number of hydrogen-bond donors (Lipinski definition) is 1. The smallest absolute Gasteiger partial charge is 0.285 e. The average molecular weight is 512 g/mol. The second-order valence-electron chi connectivity index (χ2n) is 10.8. The van der Waals surface area contributed by atoms with E-state index in [-0.39, 0.29) is 0 Å². The van der Waals surface area contributed by atoms with E-state index in [1.165, 1.54) is 55.0 Å². The number of anilines is 2. The van der Waals surface area contributed by atoms with Crippen LogP contribution in [0.15, 0.2) is 97.1 Å². The van der Waals surface area contributed by atoms with Gasteiger partial charge in [-0.2, -0.15) is 0 Å². The predicted octanol–water partition coefficient (Wildman–Crippen LogP) is 4.80. The average Bonchev–Trinajstić information content (AvgIpc) is 3.63. The lowest BCUT2D eigenvalue weighted by molar-refractivity contribution is -0.643. The summed E-state index contributed by atoms with van der Waals surface area (Å²) in [4.78, 5) is 5.14. The Balaban J connectivity index is 0.996. The zero-order valence-electron chi connectivity index (χ0n) is 22.2. The number of benzene rings is 4. The Labute approximate surface area is 228 Å². The van der Waals surface area contributed by atoms with Crippen LogP contribution in [0.25, 0.3) is 43.4 Å². The van der Waals surface area contributed by atoms with Gasteiger partial charge in [0.05, 0.1) is 23.9 Å². The van der Waals surface area contributed by atoms with Crippen LogP contribution in [0.4, 0.5) is 11.6 Å². The van der Waals surface area contributed by atoms with Crippen LogP contribution in [-0.2, 0) is 13.1 Å². The van der Waals surface area contributed by atoms with Gasteiger partial charge in [-0.3, -0.25) is 9.80 Å². The molecule has 192 valence electrons. The molecule has 0 atom stereocenters. The molecule has 0 saturated heterocycles. The van der Waals surface area contributed by atoms with Gasteiger partial charge in [0, 0.05) is 34.6 Å². The van der Waals surface area contributed by atoms with Gasteiger partial charge in [0.2, 0.25) is 0 Å². The maximum Gasteiger partial charge on any atom is 0.285 e. The van der Waals surface area contributed by atoms with E-state index < -0.39 is 0 Å². The number of hydrogen-bond acceptors (Lipinski definition) is 3. The van der Waals surface area contributed by atoms with E-state index in [2.05, 4.69) is 121 Å². The van der Waals surface area contributed by atoms with Crippen molar-refractivity contribution in [2.45, 2.75) is 13.1 Å². The molecule has 1 N–H and O–H groups in total. The first-order valence-corrected chi connectivity index (χ1v) is 14.3. The largest absolute Gasteiger partial charge is 0.309 e. The van der Waals surface area contributed by atoms with Crippen molar-refractivity contribution >= 4 is 55.0 Å². The molecule has 0 amide bonds. The van der Waals surface area contributed by atoms with Crippen LogP contribution in [0, 0.1) is 0 Å². The normalized spacial score (nSPS) is 14.7. The number of rotatable bonds is 6. The quantitative estimate of drug-likeness (QED) is 0.198. The predicted molar refractivity (Wildman–Crippen MR) is 161 cm³/mol. The second-order valence-corrected chi connectivity index (χ2v) is 10.8.